The number of rotatable bonds is 7. The van der Waals surface area contributed by atoms with Crippen LogP contribution in [0.5, 0.6) is 0 Å². The Labute approximate surface area is 109 Å². The lowest BCUT2D eigenvalue weighted by Gasteiger charge is -2.27. The molecule has 2 N–H and O–H groups in total. The second-order valence-electron chi connectivity index (χ2n) is 5.39. The highest BCUT2D eigenvalue weighted by atomic mass is 16.8. The minimum Gasteiger partial charge on any atom is -0.481 e. The van der Waals surface area contributed by atoms with Crippen molar-refractivity contribution in [1.29, 1.82) is 0 Å². The number of carboxylic acid groups (broad SMARTS) is 1. The third-order valence-electron chi connectivity index (χ3n) is 3.17. The molecular weight excluding hydrogens is 234 g/mol. The van der Waals surface area contributed by atoms with E-state index in [2.05, 4.69) is 5.48 Å². The fourth-order valence-electron chi connectivity index (χ4n) is 2.10. The number of hydrogen-bond donors (Lipinski definition) is 2. The molecule has 0 radical (unpaired) electrons. The molecule has 0 bridgehead atoms. The summed E-state index contributed by atoms with van der Waals surface area (Å²) < 4.78 is 5.42. The maximum Gasteiger partial charge on any atom is 0.308 e. The molecule has 0 amide bonds. The van der Waals surface area contributed by atoms with Crippen molar-refractivity contribution in [3.8, 4) is 0 Å². The van der Waals surface area contributed by atoms with Crippen molar-refractivity contribution in [1.82, 2.24) is 5.48 Å². The number of carboxylic acids is 1. The molecule has 1 heterocycles. The molecule has 1 saturated heterocycles. The third kappa shape index (κ3) is 5.33. The van der Waals surface area contributed by atoms with Crippen LogP contribution in [0.15, 0.2) is 0 Å². The van der Waals surface area contributed by atoms with Gasteiger partial charge in [0.15, 0.2) is 6.29 Å². The number of ether oxygens (including phenoxy) is 1. The zero-order valence-electron chi connectivity index (χ0n) is 11.5. The van der Waals surface area contributed by atoms with Gasteiger partial charge in [-0.25, -0.2) is 0 Å². The highest BCUT2D eigenvalue weighted by Crippen LogP contribution is 2.17. The van der Waals surface area contributed by atoms with Crippen LogP contribution >= 0.6 is 0 Å². The van der Waals surface area contributed by atoms with Crippen LogP contribution < -0.4 is 5.48 Å². The van der Waals surface area contributed by atoms with Gasteiger partial charge in [0.2, 0.25) is 0 Å². The molecule has 18 heavy (non-hydrogen) atoms. The maximum atomic E-state index is 11.2. The summed E-state index contributed by atoms with van der Waals surface area (Å²) in [4.78, 5) is 16.6. The summed E-state index contributed by atoms with van der Waals surface area (Å²) in [5.74, 6) is -0.869. The standard InChI is InChI=1S/C13H25NO4/c1-9(2)8-11(13(15)16)10(3)14-18-12-6-4-5-7-17-12/h9-12,14H,4-8H2,1-3H3,(H,15,16). The molecule has 0 aromatic rings. The summed E-state index contributed by atoms with van der Waals surface area (Å²) in [5, 5.41) is 9.20. The molecule has 5 nitrogen and oxygen atoms in total. The predicted molar refractivity (Wildman–Crippen MR) is 67.9 cm³/mol. The maximum absolute atomic E-state index is 11.2. The Hall–Kier alpha value is -0.650. The quantitative estimate of drug-likeness (QED) is 0.686. The molecule has 1 fully saturated rings. The number of carbonyl (C=O) groups is 1. The highest BCUT2D eigenvalue weighted by Gasteiger charge is 2.26. The van der Waals surface area contributed by atoms with Crippen molar-refractivity contribution >= 4 is 5.97 Å². The zero-order valence-corrected chi connectivity index (χ0v) is 11.5. The van der Waals surface area contributed by atoms with Gasteiger partial charge < -0.3 is 9.84 Å². The van der Waals surface area contributed by atoms with E-state index < -0.39 is 11.9 Å². The van der Waals surface area contributed by atoms with Gasteiger partial charge >= 0.3 is 5.97 Å². The predicted octanol–water partition coefficient (Wildman–Crippen LogP) is 2.17. The van der Waals surface area contributed by atoms with Gasteiger partial charge in [0.25, 0.3) is 0 Å². The fourth-order valence-corrected chi connectivity index (χ4v) is 2.10. The summed E-state index contributed by atoms with van der Waals surface area (Å²) in [6.07, 6.45) is 3.42. The van der Waals surface area contributed by atoms with E-state index in [-0.39, 0.29) is 12.3 Å². The average molecular weight is 259 g/mol. The summed E-state index contributed by atoms with van der Waals surface area (Å²) in [5.41, 5.74) is 2.83. The van der Waals surface area contributed by atoms with E-state index >= 15 is 0 Å². The molecule has 3 atom stereocenters. The Kier molecular flexibility index (Phi) is 6.60. The minimum atomic E-state index is -0.781. The topological polar surface area (TPSA) is 67.8 Å². The first-order valence-electron chi connectivity index (χ1n) is 6.76. The molecule has 3 unspecified atom stereocenters. The van der Waals surface area contributed by atoms with Gasteiger partial charge in [-0.1, -0.05) is 13.8 Å². The zero-order chi connectivity index (χ0) is 13.5. The summed E-state index contributed by atoms with van der Waals surface area (Å²) in [6, 6.07) is -0.226. The molecule has 0 spiro atoms. The average Bonchev–Trinajstić information content (AvgIpc) is 2.34. The van der Waals surface area contributed by atoms with Crippen molar-refractivity contribution < 1.29 is 19.5 Å². The lowest BCUT2D eigenvalue weighted by atomic mass is 9.92. The Morgan fingerprint density at radius 2 is 2.17 bits per heavy atom. The Bertz CT molecular complexity index is 251. The van der Waals surface area contributed by atoms with Crippen molar-refractivity contribution in [3.63, 3.8) is 0 Å². The molecular formula is C13H25NO4. The van der Waals surface area contributed by atoms with Crippen LogP contribution in [0, 0.1) is 11.8 Å². The molecule has 5 heteroatoms. The Morgan fingerprint density at radius 1 is 1.44 bits per heavy atom. The SMILES string of the molecule is CC(C)CC(C(=O)O)C(C)NOC1CCCCO1. The minimum absolute atomic E-state index is 0.226. The van der Waals surface area contributed by atoms with E-state index in [4.69, 9.17) is 9.57 Å². The van der Waals surface area contributed by atoms with Gasteiger partial charge in [-0.2, -0.15) is 5.48 Å². The smallest absolute Gasteiger partial charge is 0.308 e. The fraction of sp³-hybridized carbons (Fsp3) is 0.923. The molecule has 1 aliphatic rings. The lowest BCUT2D eigenvalue weighted by Crippen LogP contribution is -2.41. The van der Waals surface area contributed by atoms with Crippen LogP contribution in [0.4, 0.5) is 0 Å². The number of nitrogens with one attached hydrogen (secondary N) is 1. The number of aliphatic carboxylic acids is 1. The van der Waals surface area contributed by atoms with E-state index in [1.165, 1.54) is 0 Å². The van der Waals surface area contributed by atoms with E-state index in [1.54, 1.807) is 0 Å². The Morgan fingerprint density at radius 3 is 2.67 bits per heavy atom. The van der Waals surface area contributed by atoms with Gasteiger partial charge in [0.05, 0.1) is 5.92 Å². The molecule has 0 aliphatic carbocycles. The van der Waals surface area contributed by atoms with E-state index in [9.17, 15) is 9.90 Å². The molecule has 1 aliphatic heterocycles. The summed E-state index contributed by atoms with van der Waals surface area (Å²) >= 11 is 0. The van der Waals surface area contributed by atoms with Crippen LogP contribution in [0.1, 0.15) is 46.5 Å². The van der Waals surface area contributed by atoms with Crippen molar-refractivity contribution in [2.45, 2.75) is 58.8 Å². The number of hydroxylamine groups is 1. The van der Waals surface area contributed by atoms with Gasteiger partial charge in [0.1, 0.15) is 0 Å². The summed E-state index contributed by atoms with van der Waals surface area (Å²) in [7, 11) is 0. The van der Waals surface area contributed by atoms with Crippen molar-refractivity contribution in [3.05, 3.63) is 0 Å². The van der Waals surface area contributed by atoms with E-state index in [0.29, 0.717) is 12.3 Å². The molecule has 1 rings (SSSR count). The monoisotopic (exact) mass is 259 g/mol. The van der Waals surface area contributed by atoms with Crippen LogP contribution in [0.25, 0.3) is 0 Å². The normalized spacial score (nSPS) is 23.9. The van der Waals surface area contributed by atoms with Crippen molar-refractivity contribution in [2.75, 3.05) is 6.61 Å². The number of hydrogen-bond acceptors (Lipinski definition) is 4. The largest absolute Gasteiger partial charge is 0.481 e. The van der Waals surface area contributed by atoms with Crippen molar-refractivity contribution in [2.24, 2.45) is 11.8 Å². The highest BCUT2D eigenvalue weighted by molar-refractivity contribution is 5.70. The van der Waals surface area contributed by atoms with Crippen LogP contribution in [-0.4, -0.2) is 30.0 Å². The lowest BCUT2D eigenvalue weighted by molar-refractivity contribution is -0.206. The van der Waals surface area contributed by atoms with Gasteiger partial charge in [-0.3, -0.25) is 9.63 Å². The Balaban J connectivity index is 2.35. The summed E-state index contributed by atoms with van der Waals surface area (Å²) in [6.45, 7) is 6.60. The van der Waals surface area contributed by atoms with Gasteiger partial charge in [-0.15, -0.1) is 0 Å². The molecule has 0 aromatic carbocycles. The third-order valence-corrected chi connectivity index (χ3v) is 3.17. The van der Waals surface area contributed by atoms with E-state index in [1.807, 2.05) is 20.8 Å². The second kappa shape index (κ2) is 7.71. The first-order valence-corrected chi connectivity index (χ1v) is 6.76. The van der Waals surface area contributed by atoms with Crippen LogP contribution in [0.3, 0.4) is 0 Å². The second-order valence-corrected chi connectivity index (χ2v) is 5.39. The van der Waals surface area contributed by atoms with Crippen LogP contribution in [0.2, 0.25) is 0 Å². The molecule has 0 aromatic heterocycles. The van der Waals surface area contributed by atoms with Crippen LogP contribution in [-0.2, 0) is 14.4 Å². The first-order chi connectivity index (χ1) is 8.50. The first kappa shape index (κ1) is 15.4. The molecule has 0 saturated carbocycles. The van der Waals surface area contributed by atoms with E-state index in [0.717, 1.165) is 25.9 Å². The van der Waals surface area contributed by atoms with Gasteiger partial charge in [-0.05, 0) is 32.1 Å². The molecule has 106 valence electrons. The van der Waals surface area contributed by atoms with Gasteiger partial charge in [0, 0.05) is 19.1 Å².